The number of thiol groups is 1. The maximum Gasteiger partial charge on any atom is 0.414 e. The number of imide groups is 1. The number of hydrogen-bond acceptors (Lipinski definition) is 8. The number of aliphatic hydroxyl groups excluding tert-OH is 1. The topological polar surface area (TPSA) is 111 Å². The number of nitrogens with one attached hydrogen (secondary N) is 1. The Labute approximate surface area is 185 Å². The van der Waals surface area contributed by atoms with E-state index in [-0.39, 0.29) is 25.6 Å². The first-order valence-corrected chi connectivity index (χ1v) is 10.3. The molecule has 0 bridgehead atoms. The van der Waals surface area contributed by atoms with Gasteiger partial charge in [0.2, 0.25) is 0 Å². The van der Waals surface area contributed by atoms with Crippen LogP contribution in [-0.4, -0.2) is 48.6 Å². The number of alkyl carbamates (subject to hydrolysis) is 1. The van der Waals surface area contributed by atoms with E-state index in [0.29, 0.717) is 29.7 Å². The van der Waals surface area contributed by atoms with Crippen LogP contribution in [-0.2, 0) is 14.3 Å². The molecule has 0 saturated carbocycles. The van der Waals surface area contributed by atoms with Crippen molar-refractivity contribution in [2.75, 3.05) is 25.6 Å². The first kappa shape index (κ1) is 24.2. The van der Waals surface area contributed by atoms with E-state index in [4.69, 9.17) is 19.3 Å². The van der Waals surface area contributed by atoms with E-state index in [9.17, 15) is 14.4 Å². The summed E-state index contributed by atoms with van der Waals surface area (Å²) in [6.45, 7) is 0.218. The summed E-state index contributed by atoms with van der Waals surface area (Å²) < 4.78 is 15.8. The van der Waals surface area contributed by atoms with Gasteiger partial charge in [-0.05, 0) is 42.7 Å². The third-order valence-electron chi connectivity index (χ3n) is 4.12. The van der Waals surface area contributed by atoms with Crippen LogP contribution in [0.3, 0.4) is 0 Å². The predicted molar refractivity (Wildman–Crippen MR) is 116 cm³/mol. The minimum atomic E-state index is -0.883. The summed E-state index contributed by atoms with van der Waals surface area (Å²) in [6, 6.07) is 15.1. The molecule has 2 aromatic carbocycles. The molecule has 0 aliphatic carbocycles. The van der Waals surface area contributed by atoms with E-state index < -0.39 is 24.1 Å². The van der Waals surface area contributed by atoms with E-state index in [1.807, 2.05) is 0 Å². The van der Waals surface area contributed by atoms with Crippen molar-refractivity contribution >= 4 is 30.6 Å². The molecular weight excluding hydrogens is 422 g/mol. The van der Waals surface area contributed by atoms with Crippen LogP contribution in [0.5, 0.6) is 5.75 Å². The zero-order chi connectivity index (χ0) is 22.5. The van der Waals surface area contributed by atoms with Gasteiger partial charge >= 0.3 is 12.1 Å². The highest BCUT2D eigenvalue weighted by molar-refractivity contribution is 7.81. The Kier molecular flexibility index (Phi) is 10.4. The number of hydrogen-bond donors (Lipinski definition) is 3. The molecule has 0 aliphatic rings. The van der Waals surface area contributed by atoms with Gasteiger partial charge in [-0.1, -0.05) is 30.3 Å². The van der Waals surface area contributed by atoms with Gasteiger partial charge in [0.15, 0.2) is 0 Å². The van der Waals surface area contributed by atoms with Crippen LogP contribution in [0.15, 0.2) is 54.6 Å². The molecule has 0 radical (unpaired) electrons. The maximum atomic E-state index is 12.3. The van der Waals surface area contributed by atoms with Crippen molar-refractivity contribution in [1.29, 1.82) is 0 Å². The van der Waals surface area contributed by atoms with E-state index in [0.717, 1.165) is 0 Å². The minimum absolute atomic E-state index is 0.0146. The molecule has 0 heterocycles. The summed E-state index contributed by atoms with van der Waals surface area (Å²) >= 11 is 3.84. The van der Waals surface area contributed by atoms with Gasteiger partial charge in [-0.2, -0.15) is 12.6 Å². The van der Waals surface area contributed by atoms with E-state index in [1.165, 1.54) is 0 Å². The molecule has 2 rings (SSSR count). The third-order valence-corrected chi connectivity index (χ3v) is 4.37. The Morgan fingerprint density at radius 3 is 2.35 bits per heavy atom. The number of aliphatic hydroxyl groups is 1. The minimum Gasteiger partial charge on any atom is -0.491 e. The molecule has 1 atom stereocenters. The highest BCUT2D eigenvalue weighted by Crippen LogP contribution is 2.25. The van der Waals surface area contributed by atoms with Crippen LogP contribution in [0, 0.1) is 0 Å². The van der Waals surface area contributed by atoms with Crippen LogP contribution in [0.1, 0.15) is 34.9 Å². The molecule has 166 valence electrons. The van der Waals surface area contributed by atoms with Crippen molar-refractivity contribution in [3.05, 3.63) is 65.7 Å². The molecule has 2 aromatic rings. The number of carbonyl (C=O) groups excluding carboxylic acids is 3. The van der Waals surface area contributed by atoms with Crippen LogP contribution >= 0.6 is 12.6 Å². The van der Waals surface area contributed by atoms with Gasteiger partial charge in [-0.25, -0.2) is 4.79 Å². The third kappa shape index (κ3) is 8.69. The van der Waals surface area contributed by atoms with Gasteiger partial charge in [0.1, 0.15) is 18.5 Å². The Hall–Kier alpha value is -3.04. The first-order chi connectivity index (χ1) is 15.0. The lowest BCUT2D eigenvalue weighted by molar-refractivity contribution is -0.140. The van der Waals surface area contributed by atoms with Gasteiger partial charge < -0.3 is 19.3 Å². The fraction of sp³-hybridized carbons (Fsp3) is 0.318. The van der Waals surface area contributed by atoms with Crippen LogP contribution in [0.2, 0.25) is 0 Å². The lowest BCUT2D eigenvalue weighted by Gasteiger charge is -2.19. The molecular formula is C22H25NO7S. The Morgan fingerprint density at radius 1 is 1.00 bits per heavy atom. The fourth-order valence-corrected chi connectivity index (χ4v) is 2.74. The first-order valence-electron chi connectivity index (χ1n) is 9.70. The molecule has 2 amide bonds. The number of rotatable bonds is 11. The second-order valence-electron chi connectivity index (χ2n) is 6.38. The fourth-order valence-electron chi connectivity index (χ4n) is 2.65. The molecule has 0 aromatic heterocycles. The lowest BCUT2D eigenvalue weighted by atomic mass is 10.0. The quantitative estimate of drug-likeness (QED) is 0.276. The summed E-state index contributed by atoms with van der Waals surface area (Å²) in [5.41, 5.74) is 1.01. The van der Waals surface area contributed by atoms with Crippen molar-refractivity contribution in [2.24, 2.45) is 0 Å². The standard InChI is InChI=1S/C22H25NO7S/c24-12-14-28-18-10-8-16(9-11-18)19(7-4-13-29-20(25)15-31)30-22(27)23-21(26)17-5-2-1-3-6-17/h1-3,5-6,8-11,19,24,31H,4,7,12-15H2,(H,23,26,27)/t19-/m0/s1. The van der Waals surface area contributed by atoms with Crippen molar-refractivity contribution < 1.29 is 33.7 Å². The molecule has 0 fully saturated rings. The molecule has 0 spiro atoms. The van der Waals surface area contributed by atoms with Gasteiger partial charge in [0, 0.05) is 5.56 Å². The van der Waals surface area contributed by atoms with Gasteiger partial charge in [0.25, 0.3) is 5.91 Å². The predicted octanol–water partition coefficient (Wildman–Crippen LogP) is 2.92. The Balaban J connectivity index is 2.01. The molecule has 0 saturated heterocycles. The van der Waals surface area contributed by atoms with Crippen LogP contribution in [0.25, 0.3) is 0 Å². The molecule has 0 aliphatic heterocycles. The number of amides is 2. The highest BCUT2D eigenvalue weighted by atomic mass is 32.1. The Bertz CT molecular complexity index is 843. The number of esters is 1. The van der Waals surface area contributed by atoms with Gasteiger partial charge in [0.05, 0.1) is 19.0 Å². The van der Waals surface area contributed by atoms with Crippen molar-refractivity contribution in [3.8, 4) is 5.75 Å². The van der Waals surface area contributed by atoms with Crippen LogP contribution < -0.4 is 10.1 Å². The summed E-state index contributed by atoms with van der Waals surface area (Å²) in [5, 5.41) is 11.0. The maximum absolute atomic E-state index is 12.3. The van der Waals surface area contributed by atoms with E-state index >= 15 is 0 Å². The van der Waals surface area contributed by atoms with Crippen molar-refractivity contribution in [3.63, 3.8) is 0 Å². The van der Waals surface area contributed by atoms with Crippen molar-refractivity contribution in [2.45, 2.75) is 18.9 Å². The molecule has 31 heavy (non-hydrogen) atoms. The lowest BCUT2D eigenvalue weighted by Crippen LogP contribution is -2.32. The summed E-state index contributed by atoms with van der Waals surface area (Å²) in [6.07, 6.45) is -0.756. The second-order valence-corrected chi connectivity index (χ2v) is 6.69. The normalized spacial score (nSPS) is 11.3. The molecule has 2 N–H and O–H groups in total. The largest absolute Gasteiger partial charge is 0.491 e. The SMILES string of the molecule is O=C(CS)OCCC[C@H](OC(=O)NC(=O)c1ccccc1)c1ccc(OCCO)cc1. The summed E-state index contributed by atoms with van der Waals surface area (Å²) in [5.74, 6) is -0.459. The Morgan fingerprint density at radius 2 is 1.71 bits per heavy atom. The molecule has 9 heteroatoms. The van der Waals surface area contributed by atoms with Gasteiger partial charge in [-0.15, -0.1) is 0 Å². The average Bonchev–Trinajstić information content (AvgIpc) is 2.80. The zero-order valence-corrected chi connectivity index (χ0v) is 17.8. The molecule has 8 nitrogen and oxygen atoms in total. The average molecular weight is 448 g/mol. The van der Waals surface area contributed by atoms with Crippen LogP contribution in [0.4, 0.5) is 4.79 Å². The highest BCUT2D eigenvalue weighted by Gasteiger charge is 2.19. The van der Waals surface area contributed by atoms with E-state index in [2.05, 4.69) is 17.9 Å². The number of carbonyl (C=O) groups is 3. The van der Waals surface area contributed by atoms with E-state index in [1.54, 1.807) is 54.6 Å². The summed E-state index contributed by atoms with van der Waals surface area (Å²) in [4.78, 5) is 35.7. The second kappa shape index (κ2) is 13.3. The van der Waals surface area contributed by atoms with Crippen molar-refractivity contribution in [1.82, 2.24) is 5.32 Å². The molecule has 0 unspecified atom stereocenters. The summed E-state index contributed by atoms with van der Waals surface area (Å²) in [7, 11) is 0. The van der Waals surface area contributed by atoms with Gasteiger partial charge in [-0.3, -0.25) is 14.9 Å². The zero-order valence-electron chi connectivity index (χ0n) is 16.9. The number of ether oxygens (including phenoxy) is 3. The smallest absolute Gasteiger partial charge is 0.414 e. The monoisotopic (exact) mass is 447 g/mol. The number of benzene rings is 2.